The normalized spacial score (nSPS) is 14.2. The second-order valence-electron chi connectivity index (χ2n) is 19.3. The highest BCUT2D eigenvalue weighted by molar-refractivity contribution is 5.80. The van der Waals surface area contributed by atoms with Crippen LogP contribution < -0.4 is 5.32 Å². The monoisotopic (exact) mass is 900 g/mol. The zero-order chi connectivity index (χ0) is 46.7. The molecule has 4 unspecified atom stereocenters. The van der Waals surface area contributed by atoms with Gasteiger partial charge >= 0.3 is 0 Å². The summed E-state index contributed by atoms with van der Waals surface area (Å²) < 4.78 is 0. The van der Waals surface area contributed by atoms with Gasteiger partial charge in [0.25, 0.3) is 0 Å². The molecular weight excluding hydrogens is 791 g/mol. The van der Waals surface area contributed by atoms with Crippen molar-refractivity contribution >= 4 is 5.91 Å². The van der Waals surface area contributed by atoms with Gasteiger partial charge in [-0.15, -0.1) is 0 Å². The number of hydrogen-bond donors (Lipinski definition) is 5. The molecule has 64 heavy (non-hydrogen) atoms. The van der Waals surface area contributed by atoms with Crippen LogP contribution in [0.4, 0.5) is 0 Å². The van der Waals surface area contributed by atoms with E-state index in [1.54, 1.807) is 0 Å². The van der Waals surface area contributed by atoms with Crippen LogP contribution >= 0.6 is 0 Å². The van der Waals surface area contributed by atoms with Gasteiger partial charge in [0.1, 0.15) is 12.2 Å². The first kappa shape index (κ1) is 62.3. The standard InChI is InChI=1S/C58H109NO5/c1-3-5-7-9-11-13-15-17-19-21-23-24-25-26-27-28-29-30-31-32-34-35-37-39-41-43-45-47-49-51-55(61)57(63)54(53-60)59-58(64)56(62)52-50-48-46-44-42-40-38-36-33-22-20-18-16-14-12-10-8-6-4-2/h30-31,33,35-37,43,45,54-57,60-63H,3-29,32,34,38-42,44,46-53H2,1-2H3,(H,59,64)/b31-30+,36-33-,37-35+,45-43+. The van der Waals surface area contributed by atoms with E-state index in [1.165, 1.54) is 186 Å². The van der Waals surface area contributed by atoms with E-state index in [0.717, 1.165) is 64.2 Å². The van der Waals surface area contributed by atoms with Gasteiger partial charge in [-0.1, -0.05) is 242 Å². The summed E-state index contributed by atoms with van der Waals surface area (Å²) in [6.07, 6.45) is 66.1. The maximum atomic E-state index is 12.6. The average molecular weight is 901 g/mol. The van der Waals surface area contributed by atoms with Gasteiger partial charge in [0, 0.05) is 0 Å². The van der Waals surface area contributed by atoms with E-state index in [2.05, 4.69) is 67.8 Å². The van der Waals surface area contributed by atoms with Gasteiger partial charge in [-0.3, -0.25) is 4.79 Å². The molecule has 6 nitrogen and oxygen atoms in total. The van der Waals surface area contributed by atoms with E-state index in [-0.39, 0.29) is 0 Å². The molecule has 0 spiro atoms. The third kappa shape index (κ3) is 45.4. The number of allylic oxidation sites excluding steroid dienone is 8. The van der Waals surface area contributed by atoms with Gasteiger partial charge in [0.15, 0.2) is 0 Å². The highest BCUT2D eigenvalue weighted by Crippen LogP contribution is 2.16. The Kier molecular flexibility index (Phi) is 50.8. The fourth-order valence-electron chi connectivity index (χ4n) is 8.55. The Morgan fingerprint density at radius 3 is 0.984 bits per heavy atom. The van der Waals surface area contributed by atoms with Crippen LogP contribution in [0.25, 0.3) is 0 Å². The highest BCUT2D eigenvalue weighted by Gasteiger charge is 2.28. The van der Waals surface area contributed by atoms with Crippen molar-refractivity contribution in [1.82, 2.24) is 5.32 Å². The summed E-state index contributed by atoms with van der Waals surface area (Å²) in [5.74, 6) is -0.603. The molecule has 4 atom stereocenters. The SMILES string of the molecule is CCCCCCCCCCC/C=C\CCCCCCCCC(O)C(=O)NC(CO)C(O)C(O)CCC/C=C/CC/C=C/CC/C=C/CCCCCCCCCCCCCCCCCC. The summed E-state index contributed by atoms with van der Waals surface area (Å²) in [5.41, 5.74) is 0. The average Bonchev–Trinajstić information content (AvgIpc) is 3.30. The lowest BCUT2D eigenvalue weighted by molar-refractivity contribution is -0.132. The van der Waals surface area contributed by atoms with Crippen LogP contribution in [-0.2, 0) is 4.79 Å². The van der Waals surface area contributed by atoms with Crippen LogP contribution in [-0.4, -0.2) is 57.3 Å². The number of carbonyl (C=O) groups excluding carboxylic acids is 1. The molecule has 0 fully saturated rings. The molecule has 6 heteroatoms. The number of amides is 1. The van der Waals surface area contributed by atoms with E-state index < -0.39 is 36.9 Å². The zero-order valence-corrected chi connectivity index (χ0v) is 42.5. The molecule has 0 aromatic heterocycles. The van der Waals surface area contributed by atoms with E-state index in [0.29, 0.717) is 19.3 Å². The molecule has 0 bridgehead atoms. The van der Waals surface area contributed by atoms with Crippen molar-refractivity contribution in [3.63, 3.8) is 0 Å². The summed E-state index contributed by atoms with van der Waals surface area (Å²) in [6, 6.07) is -1.02. The minimum absolute atomic E-state index is 0.351. The maximum absolute atomic E-state index is 12.6. The first-order valence-corrected chi connectivity index (χ1v) is 28.0. The molecule has 0 rings (SSSR count). The van der Waals surface area contributed by atoms with Crippen LogP contribution in [0, 0.1) is 0 Å². The Hall–Kier alpha value is -1.73. The molecule has 5 N–H and O–H groups in total. The fraction of sp³-hybridized carbons (Fsp3) is 0.845. The number of hydrogen-bond acceptors (Lipinski definition) is 5. The third-order valence-corrected chi connectivity index (χ3v) is 13.0. The molecule has 0 aliphatic rings. The van der Waals surface area contributed by atoms with E-state index in [1.807, 2.05) is 0 Å². The van der Waals surface area contributed by atoms with Gasteiger partial charge < -0.3 is 25.7 Å². The molecular formula is C58H109NO5. The van der Waals surface area contributed by atoms with Crippen molar-refractivity contribution in [2.45, 2.75) is 308 Å². The van der Waals surface area contributed by atoms with Gasteiger partial charge in [0.2, 0.25) is 5.91 Å². The van der Waals surface area contributed by atoms with E-state index in [4.69, 9.17) is 0 Å². The molecule has 0 aromatic rings. The summed E-state index contributed by atoms with van der Waals surface area (Å²) in [6.45, 7) is 4.06. The van der Waals surface area contributed by atoms with Crippen LogP contribution in [0.15, 0.2) is 48.6 Å². The van der Waals surface area contributed by atoms with Crippen molar-refractivity contribution in [2.24, 2.45) is 0 Å². The second-order valence-corrected chi connectivity index (χ2v) is 19.3. The smallest absolute Gasteiger partial charge is 0.249 e. The third-order valence-electron chi connectivity index (χ3n) is 13.0. The summed E-state index contributed by atoms with van der Waals surface area (Å²) in [4.78, 5) is 12.6. The van der Waals surface area contributed by atoms with Gasteiger partial charge in [-0.05, 0) is 89.9 Å². The predicted molar refractivity (Wildman–Crippen MR) is 279 cm³/mol. The molecule has 0 aliphatic heterocycles. The van der Waals surface area contributed by atoms with Crippen LogP contribution in [0.5, 0.6) is 0 Å². The molecule has 376 valence electrons. The maximum Gasteiger partial charge on any atom is 0.249 e. The zero-order valence-electron chi connectivity index (χ0n) is 42.5. The van der Waals surface area contributed by atoms with Crippen molar-refractivity contribution in [3.05, 3.63) is 48.6 Å². The number of nitrogens with one attached hydrogen (secondary N) is 1. The Morgan fingerprint density at radius 1 is 0.375 bits per heavy atom. The van der Waals surface area contributed by atoms with E-state index >= 15 is 0 Å². The van der Waals surface area contributed by atoms with Crippen molar-refractivity contribution in [1.29, 1.82) is 0 Å². The number of rotatable bonds is 51. The topological polar surface area (TPSA) is 110 Å². The molecule has 0 heterocycles. The minimum Gasteiger partial charge on any atom is -0.394 e. The number of carbonyl (C=O) groups is 1. The molecule has 0 aromatic carbocycles. The number of aliphatic hydroxyl groups excluding tert-OH is 4. The van der Waals surface area contributed by atoms with Gasteiger partial charge in [0.05, 0.1) is 18.8 Å². The van der Waals surface area contributed by atoms with Crippen LogP contribution in [0.3, 0.4) is 0 Å². The van der Waals surface area contributed by atoms with Gasteiger partial charge in [-0.2, -0.15) is 0 Å². The number of aliphatic hydroxyl groups is 4. The number of unbranched alkanes of at least 4 members (excludes halogenated alkanes) is 34. The lowest BCUT2D eigenvalue weighted by atomic mass is 10.00. The summed E-state index contributed by atoms with van der Waals surface area (Å²) in [5, 5.41) is 43.9. The highest BCUT2D eigenvalue weighted by atomic mass is 16.3. The lowest BCUT2D eigenvalue weighted by Gasteiger charge is -2.27. The van der Waals surface area contributed by atoms with Crippen molar-refractivity contribution in [2.75, 3.05) is 6.61 Å². The van der Waals surface area contributed by atoms with Crippen molar-refractivity contribution < 1.29 is 25.2 Å². The van der Waals surface area contributed by atoms with Gasteiger partial charge in [-0.25, -0.2) is 0 Å². The predicted octanol–water partition coefficient (Wildman–Crippen LogP) is 16.2. The second kappa shape index (κ2) is 52.2. The largest absolute Gasteiger partial charge is 0.394 e. The lowest BCUT2D eigenvalue weighted by Crippen LogP contribution is -2.53. The summed E-state index contributed by atoms with van der Waals surface area (Å²) in [7, 11) is 0. The van der Waals surface area contributed by atoms with Crippen molar-refractivity contribution in [3.8, 4) is 0 Å². The Morgan fingerprint density at radius 2 is 0.656 bits per heavy atom. The minimum atomic E-state index is -1.30. The van der Waals surface area contributed by atoms with E-state index in [9.17, 15) is 25.2 Å². The summed E-state index contributed by atoms with van der Waals surface area (Å²) >= 11 is 0. The quantitative estimate of drug-likeness (QED) is 0.0309. The Bertz CT molecular complexity index is 1060. The van der Waals surface area contributed by atoms with Crippen LogP contribution in [0.1, 0.15) is 284 Å². The fourth-order valence-corrected chi connectivity index (χ4v) is 8.55. The first-order valence-electron chi connectivity index (χ1n) is 28.0. The van der Waals surface area contributed by atoms with Crippen LogP contribution in [0.2, 0.25) is 0 Å². The Labute approximate surface area is 398 Å². The molecule has 1 amide bonds. The molecule has 0 radical (unpaired) electrons. The molecule has 0 saturated carbocycles. The first-order chi connectivity index (χ1) is 31.5. The Balaban J connectivity index is 3.72. The molecule has 0 aliphatic carbocycles. The molecule has 0 saturated heterocycles.